The second kappa shape index (κ2) is 12.7. The van der Waals surface area contributed by atoms with Gasteiger partial charge in [-0.3, -0.25) is 0 Å². The minimum atomic E-state index is 0.279. The SMILES string of the molecule is NC(CCCCCOCCCCc1ccccc1)Cc1ccccc1. The fourth-order valence-electron chi connectivity index (χ4n) is 3.09. The summed E-state index contributed by atoms with van der Waals surface area (Å²) >= 11 is 0. The zero-order valence-corrected chi connectivity index (χ0v) is 15.4. The van der Waals surface area contributed by atoms with Gasteiger partial charge in [-0.2, -0.15) is 0 Å². The Hall–Kier alpha value is -1.64. The molecular formula is C23H33NO. The summed E-state index contributed by atoms with van der Waals surface area (Å²) in [6.07, 6.45) is 9.16. The number of ether oxygens (including phenoxy) is 1. The van der Waals surface area contributed by atoms with Crippen LogP contribution in [0.5, 0.6) is 0 Å². The molecule has 0 saturated carbocycles. The van der Waals surface area contributed by atoms with E-state index in [4.69, 9.17) is 10.5 Å². The van der Waals surface area contributed by atoms with Gasteiger partial charge in [-0.1, -0.05) is 73.5 Å². The molecule has 0 aliphatic heterocycles. The molecule has 0 heterocycles. The van der Waals surface area contributed by atoms with Gasteiger partial charge in [-0.05, 0) is 49.7 Å². The Morgan fingerprint density at radius 2 is 1.28 bits per heavy atom. The molecule has 1 unspecified atom stereocenters. The quantitative estimate of drug-likeness (QED) is 0.512. The van der Waals surface area contributed by atoms with Crippen LogP contribution in [0.1, 0.15) is 49.7 Å². The highest BCUT2D eigenvalue weighted by Gasteiger charge is 2.03. The van der Waals surface area contributed by atoms with Crippen LogP contribution in [-0.2, 0) is 17.6 Å². The lowest BCUT2D eigenvalue weighted by atomic mass is 10.0. The number of hydrogen-bond donors (Lipinski definition) is 1. The molecule has 0 fully saturated rings. The summed E-state index contributed by atoms with van der Waals surface area (Å²) in [4.78, 5) is 0. The van der Waals surface area contributed by atoms with Crippen molar-refractivity contribution in [2.45, 2.75) is 57.4 Å². The Bertz CT molecular complexity index is 541. The topological polar surface area (TPSA) is 35.2 Å². The lowest BCUT2D eigenvalue weighted by Gasteiger charge is -2.11. The largest absolute Gasteiger partial charge is 0.381 e. The molecule has 136 valence electrons. The zero-order valence-electron chi connectivity index (χ0n) is 15.4. The Labute approximate surface area is 153 Å². The van der Waals surface area contributed by atoms with Gasteiger partial charge in [-0.25, -0.2) is 0 Å². The van der Waals surface area contributed by atoms with E-state index in [1.54, 1.807) is 0 Å². The Morgan fingerprint density at radius 1 is 0.680 bits per heavy atom. The predicted molar refractivity (Wildman–Crippen MR) is 107 cm³/mol. The average Bonchev–Trinajstić information content (AvgIpc) is 2.65. The van der Waals surface area contributed by atoms with Crippen molar-refractivity contribution in [1.82, 2.24) is 0 Å². The highest BCUT2D eigenvalue weighted by Crippen LogP contribution is 2.09. The van der Waals surface area contributed by atoms with Crippen molar-refractivity contribution in [2.24, 2.45) is 5.73 Å². The Morgan fingerprint density at radius 3 is 1.96 bits per heavy atom. The number of unbranched alkanes of at least 4 members (excludes halogenated alkanes) is 3. The Kier molecular flexibility index (Phi) is 9.99. The molecule has 0 amide bonds. The van der Waals surface area contributed by atoms with Gasteiger partial charge in [0.2, 0.25) is 0 Å². The smallest absolute Gasteiger partial charge is 0.0466 e. The number of benzene rings is 2. The van der Waals surface area contributed by atoms with E-state index in [2.05, 4.69) is 60.7 Å². The molecule has 2 nitrogen and oxygen atoms in total. The molecule has 2 heteroatoms. The van der Waals surface area contributed by atoms with Crippen molar-refractivity contribution in [3.05, 3.63) is 71.8 Å². The molecule has 0 radical (unpaired) electrons. The minimum absolute atomic E-state index is 0.279. The molecule has 0 spiro atoms. The van der Waals surface area contributed by atoms with Crippen molar-refractivity contribution in [1.29, 1.82) is 0 Å². The first-order valence-corrected chi connectivity index (χ1v) is 9.76. The molecule has 0 aliphatic carbocycles. The van der Waals surface area contributed by atoms with Gasteiger partial charge in [0.05, 0.1) is 0 Å². The van der Waals surface area contributed by atoms with E-state index < -0.39 is 0 Å². The molecular weight excluding hydrogens is 306 g/mol. The van der Waals surface area contributed by atoms with Gasteiger partial charge >= 0.3 is 0 Å². The van der Waals surface area contributed by atoms with Gasteiger partial charge in [0, 0.05) is 19.3 Å². The molecule has 2 aromatic carbocycles. The van der Waals surface area contributed by atoms with Crippen LogP contribution < -0.4 is 5.73 Å². The van der Waals surface area contributed by atoms with Crippen LogP contribution in [0.3, 0.4) is 0 Å². The second-order valence-corrected chi connectivity index (χ2v) is 6.85. The van der Waals surface area contributed by atoms with E-state index in [-0.39, 0.29) is 6.04 Å². The third kappa shape index (κ3) is 9.42. The standard InChI is InChI=1S/C23H33NO/c24-23(20-22-15-6-2-7-16-22)17-8-3-10-18-25-19-11-9-14-21-12-4-1-5-13-21/h1-2,4-7,12-13,15-16,23H,3,8-11,14,17-20,24H2. The first-order chi connectivity index (χ1) is 12.3. The van der Waals surface area contributed by atoms with E-state index in [1.807, 2.05) is 0 Å². The van der Waals surface area contributed by atoms with Gasteiger partial charge in [0.1, 0.15) is 0 Å². The van der Waals surface area contributed by atoms with Crippen LogP contribution in [0.25, 0.3) is 0 Å². The average molecular weight is 340 g/mol. The molecule has 0 aliphatic rings. The van der Waals surface area contributed by atoms with Gasteiger partial charge in [0.15, 0.2) is 0 Å². The minimum Gasteiger partial charge on any atom is -0.381 e. The molecule has 0 bridgehead atoms. The Balaban J connectivity index is 1.37. The van der Waals surface area contributed by atoms with Crippen molar-refractivity contribution in [3.8, 4) is 0 Å². The summed E-state index contributed by atoms with van der Waals surface area (Å²) < 4.78 is 5.74. The summed E-state index contributed by atoms with van der Waals surface area (Å²) in [6, 6.07) is 21.5. The fourth-order valence-corrected chi connectivity index (χ4v) is 3.09. The van der Waals surface area contributed by atoms with Crippen molar-refractivity contribution < 1.29 is 4.74 Å². The zero-order chi connectivity index (χ0) is 17.6. The molecule has 25 heavy (non-hydrogen) atoms. The first-order valence-electron chi connectivity index (χ1n) is 9.76. The van der Waals surface area contributed by atoms with E-state index >= 15 is 0 Å². The van der Waals surface area contributed by atoms with Crippen molar-refractivity contribution >= 4 is 0 Å². The van der Waals surface area contributed by atoms with Crippen LogP contribution in [-0.4, -0.2) is 19.3 Å². The molecule has 2 aromatic rings. The van der Waals surface area contributed by atoms with Crippen LogP contribution >= 0.6 is 0 Å². The van der Waals surface area contributed by atoms with Gasteiger partial charge in [0.25, 0.3) is 0 Å². The molecule has 2 rings (SSSR count). The number of aryl methyl sites for hydroxylation is 1. The highest BCUT2D eigenvalue weighted by molar-refractivity contribution is 5.16. The lowest BCUT2D eigenvalue weighted by molar-refractivity contribution is 0.126. The summed E-state index contributed by atoms with van der Waals surface area (Å²) in [5.41, 5.74) is 8.99. The van der Waals surface area contributed by atoms with Crippen LogP contribution in [0.2, 0.25) is 0 Å². The van der Waals surface area contributed by atoms with E-state index in [0.717, 1.165) is 45.3 Å². The van der Waals surface area contributed by atoms with Crippen molar-refractivity contribution in [2.75, 3.05) is 13.2 Å². The van der Waals surface area contributed by atoms with Crippen LogP contribution in [0, 0.1) is 0 Å². The number of nitrogens with two attached hydrogens (primary N) is 1. The van der Waals surface area contributed by atoms with E-state index in [1.165, 1.54) is 30.4 Å². The summed E-state index contributed by atoms with van der Waals surface area (Å²) in [6.45, 7) is 1.78. The molecule has 2 N–H and O–H groups in total. The third-order valence-corrected chi connectivity index (χ3v) is 4.55. The van der Waals surface area contributed by atoms with Crippen molar-refractivity contribution in [3.63, 3.8) is 0 Å². The maximum Gasteiger partial charge on any atom is 0.0466 e. The van der Waals surface area contributed by atoms with Gasteiger partial charge in [-0.15, -0.1) is 0 Å². The highest BCUT2D eigenvalue weighted by atomic mass is 16.5. The normalized spacial score (nSPS) is 12.2. The second-order valence-electron chi connectivity index (χ2n) is 6.85. The van der Waals surface area contributed by atoms with Crippen LogP contribution in [0.4, 0.5) is 0 Å². The monoisotopic (exact) mass is 339 g/mol. The maximum absolute atomic E-state index is 6.22. The van der Waals surface area contributed by atoms with Crippen LogP contribution in [0.15, 0.2) is 60.7 Å². The number of hydrogen-bond acceptors (Lipinski definition) is 2. The summed E-state index contributed by atoms with van der Waals surface area (Å²) in [7, 11) is 0. The van der Waals surface area contributed by atoms with E-state index in [9.17, 15) is 0 Å². The first kappa shape index (κ1) is 19.7. The molecule has 1 atom stereocenters. The van der Waals surface area contributed by atoms with Gasteiger partial charge < -0.3 is 10.5 Å². The molecule has 0 saturated heterocycles. The maximum atomic E-state index is 6.22. The third-order valence-electron chi connectivity index (χ3n) is 4.55. The molecule has 0 aromatic heterocycles. The number of rotatable bonds is 13. The summed E-state index contributed by atoms with van der Waals surface area (Å²) in [5, 5.41) is 0. The van der Waals surface area contributed by atoms with E-state index in [0.29, 0.717) is 0 Å². The lowest BCUT2D eigenvalue weighted by Crippen LogP contribution is -2.22. The summed E-state index contributed by atoms with van der Waals surface area (Å²) in [5.74, 6) is 0. The fraction of sp³-hybridized carbons (Fsp3) is 0.478. The predicted octanol–water partition coefficient (Wildman–Crippen LogP) is 5.16.